The van der Waals surface area contributed by atoms with E-state index < -0.39 is 22.6 Å². The summed E-state index contributed by atoms with van der Waals surface area (Å²) in [5.41, 5.74) is -1.85. The average Bonchev–Trinajstić information content (AvgIpc) is 3.12. The Labute approximate surface area is 140 Å². The number of hydrogen-bond acceptors (Lipinski definition) is 5. The molecule has 2 atom stereocenters. The maximum atomic E-state index is 12.8. The van der Waals surface area contributed by atoms with Gasteiger partial charge in [0.15, 0.2) is 0 Å². The lowest BCUT2D eigenvalue weighted by molar-refractivity contribution is -0.149. The number of H-pyrrole nitrogens is 2. The number of fused-ring (bicyclic) bond motifs is 2. The molecule has 1 amide bonds. The number of aromatic amines is 2. The summed E-state index contributed by atoms with van der Waals surface area (Å²) < 4.78 is 0. The van der Waals surface area contributed by atoms with Gasteiger partial charge < -0.3 is 10.0 Å². The van der Waals surface area contributed by atoms with Crippen molar-refractivity contribution in [3.63, 3.8) is 0 Å². The Kier molecular flexibility index (Phi) is 3.28. The molecule has 1 aliphatic heterocycles. The SMILES string of the molecule is O=C(c1cnc2[nH]c(=O)[nH]c(=O)c2c1)N1C[C@@H]2CCC[C@@]2(C(=O)O)C1. The summed E-state index contributed by atoms with van der Waals surface area (Å²) >= 11 is 0. The molecule has 0 spiro atoms. The number of carbonyl (C=O) groups excluding carboxylic acids is 1. The van der Waals surface area contributed by atoms with Gasteiger partial charge in [0.1, 0.15) is 5.65 Å². The van der Waals surface area contributed by atoms with Gasteiger partial charge in [-0.25, -0.2) is 9.78 Å². The van der Waals surface area contributed by atoms with Gasteiger partial charge >= 0.3 is 11.7 Å². The van der Waals surface area contributed by atoms with E-state index >= 15 is 0 Å². The van der Waals surface area contributed by atoms with Crippen molar-refractivity contribution in [1.29, 1.82) is 0 Å². The average molecular weight is 344 g/mol. The van der Waals surface area contributed by atoms with Crippen LogP contribution in [0.4, 0.5) is 0 Å². The molecule has 25 heavy (non-hydrogen) atoms. The molecule has 0 unspecified atom stereocenters. The monoisotopic (exact) mass is 344 g/mol. The lowest BCUT2D eigenvalue weighted by Crippen LogP contribution is -2.37. The van der Waals surface area contributed by atoms with Crippen molar-refractivity contribution < 1.29 is 14.7 Å². The normalized spacial score (nSPS) is 25.3. The molecule has 130 valence electrons. The number of aliphatic carboxylic acids is 1. The summed E-state index contributed by atoms with van der Waals surface area (Å²) in [4.78, 5) is 57.6. The first-order valence-corrected chi connectivity index (χ1v) is 8.06. The maximum absolute atomic E-state index is 12.8. The van der Waals surface area contributed by atoms with Crippen molar-refractivity contribution in [3.05, 3.63) is 38.7 Å². The van der Waals surface area contributed by atoms with Crippen LogP contribution in [0, 0.1) is 11.3 Å². The maximum Gasteiger partial charge on any atom is 0.327 e. The van der Waals surface area contributed by atoms with Gasteiger partial charge in [0.2, 0.25) is 0 Å². The fourth-order valence-electron chi connectivity index (χ4n) is 4.14. The molecule has 2 aliphatic rings. The minimum Gasteiger partial charge on any atom is -0.481 e. The molecule has 2 aromatic heterocycles. The number of nitrogens with one attached hydrogen (secondary N) is 2. The smallest absolute Gasteiger partial charge is 0.327 e. The van der Waals surface area contributed by atoms with Crippen LogP contribution in [-0.4, -0.2) is 49.9 Å². The van der Waals surface area contributed by atoms with Gasteiger partial charge in [0.05, 0.1) is 16.4 Å². The number of amides is 1. The standard InChI is InChI=1S/C16H16N4O5/c21-12-10-4-8(5-17-11(10)18-15(25)19-12)13(22)20-6-9-2-1-3-16(9,7-20)14(23)24/h4-5,9H,1-3,6-7H2,(H,23,24)(H2,17,18,19,21,25)/t9-,16+/m0/s1. The summed E-state index contributed by atoms with van der Waals surface area (Å²) in [5, 5.41) is 9.73. The Bertz CT molecular complexity index is 1010. The summed E-state index contributed by atoms with van der Waals surface area (Å²) in [6.45, 7) is 0.566. The highest BCUT2D eigenvalue weighted by molar-refractivity contribution is 5.97. The molecular weight excluding hydrogens is 328 g/mol. The fraction of sp³-hybridized carbons (Fsp3) is 0.438. The molecule has 2 fully saturated rings. The highest BCUT2D eigenvalue weighted by Gasteiger charge is 2.55. The number of carboxylic acid groups (broad SMARTS) is 1. The summed E-state index contributed by atoms with van der Waals surface area (Å²) in [5.74, 6) is -1.24. The summed E-state index contributed by atoms with van der Waals surface area (Å²) in [6.07, 6.45) is 3.53. The van der Waals surface area contributed by atoms with Crippen LogP contribution in [0.1, 0.15) is 29.6 Å². The van der Waals surface area contributed by atoms with E-state index in [9.17, 15) is 24.3 Å². The first-order chi connectivity index (χ1) is 11.9. The van der Waals surface area contributed by atoms with Gasteiger partial charge in [-0.1, -0.05) is 6.42 Å². The highest BCUT2D eigenvalue weighted by Crippen LogP contribution is 2.49. The molecule has 1 saturated carbocycles. The number of aromatic nitrogens is 3. The molecule has 0 bridgehead atoms. The van der Waals surface area contributed by atoms with Crippen LogP contribution in [0.2, 0.25) is 0 Å². The minimum atomic E-state index is -0.858. The highest BCUT2D eigenvalue weighted by atomic mass is 16.4. The van der Waals surface area contributed by atoms with E-state index in [4.69, 9.17) is 0 Å². The third kappa shape index (κ3) is 2.26. The minimum absolute atomic E-state index is 0.0397. The molecule has 1 aliphatic carbocycles. The van der Waals surface area contributed by atoms with Crippen molar-refractivity contribution in [3.8, 4) is 0 Å². The lowest BCUT2D eigenvalue weighted by atomic mass is 9.81. The van der Waals surface area contributed by atoms with E-state index in [0.717, 1.165) is 12.8 Å². The Hall–Kier alpha value is -2.97. The van der Waals surface area contributed by atoms with Crippen LogP contribution >= 0.6 is 0 Å². The third-order valence-corrected chi connectivity index (χ3v) is 5.42. The molecular formula is C16H16N4O5. The van der Waals surface area contributed by atoms with E-state index in [-0.39, 0.29) is 35.0 Å². The summed E-state index contributed by atoms with van der Waals surface area (Å²) in [6, 6.07) is 1.38. The van der Waals surface area contributed by atoms with E-state index in [1.54, 1.807) is 0 Å². The molecule has 2 aromatic rings. The van der Waals surface area contributed by atoms with Crippen LogP contribution in [0.25, 0.3) is 11.0 Å². The van der Waals surface area contributed by atoms with Crippen LogP contribution < -0.4 is 11.2 Å². The number of hydrogen-bond donors (Lipinski definition) is 3. The van der Waals surface area contributed by atoms with Crippen molar-refractivity contribution in [2.75, 3.05) is 13.1 Å². The van der Waals surface area contributed by atoms with E-state index in [1.165, 1.54) is 17.2 Å². The van der Waals surface area contributed by atoms with Gasteiger partial charge in [-0.15, -0.1) is 0 Å². The van der Waals surface area contributed by atoms with Crippen LogP contribution in [0.15, 0.2) is 21.9 Å². The second-order valence-corrected chi connectivity index (χ2v) is 6.76. The Morgan fingerprint density at radius 1 is 1.32 bits per heavy atom. The topological polar surface area (TPSA) is 136 Å². The predicted octanol–water partition coefficient (Wildman–Crippen LogP) is -0.0617. The Morgan fingerprint density at radius 2 is 2.12 bits per heavy atom. The first kappa shape index (κ1) is 15.6. The molecule has 0 aromatic carbocycles. The van der Waals surface area contributed by atoms with Gasteiger partial charge in [-0.3, -0.25) is 24.4 Å². The molecule has 1 saturated heterocycles. The van der Waals surface area contributed by atoms with Crippen molar-refractivity contribution in [2.45, 2.75) is 19.3 Å². The number of carbonyl (C=O) groups is 2. The molecule has 3 N–H and O–H groups in total. The Morgan fingerprint density at radius 3 is 2.84 bits per heavy atom. The van der Waals surface area contributed by atoms with Gasteiger partial charge in [0, 0.05) is 19.3 Å². The third-order valence-electron chi connectivity index (χ3n) is 5.42. The largest absolute Gasteiger partial charge is 0.481 e. The van der Waals surface area contributed by atoms with Crippen LogP contribution in [-0.2, 0) is 4.79 Å². The van der Waals surface area contributed by atoms with E-state index in [0.29, 0.717) is 13.0 Å². The summed E-state index contributed by atoms with van der Waals surface area (Å²) in [7, 11) is 0. The van der Waals surface area contributed by atoms with Crippen LogP contribution in [0.3, 0.4) is 0 Å². The second kappa shape index (κ2) is 5.27. The second-order valence-electron chi connectivity index (χ2n) is 6.76. The number of pyridine rings is 1. The quantitative estimate of drug-likeness (QED) is 0.698. The van der Waals surface area contributed by atoms with E-state index in [1.807, 2.05) is 0 Å². The fourth-order valence-corrected chi connectivity index (χ4v) is 4.14. The van der Waals surface area contributed by atoms with Gasteiger partial charge in [-0.05, 0) is 24.8 Å². The van der Waals surface area contributed by atoms with Crippen LogP contribution in [0.5, 0.6) is 0 Å². The van der Waals surface area contributed by atoms with Crippen molar-refractivity contribution >= 4 is 22.9 Å². The number of likely N-dealkylation sites (tertiary alicyclic amines) is 1. The van der Waals surface area contributed by atoms with Crippen molar-refractivity contribution in [2.24, 2.45) is 11.3 Å². The molecule has 3 heterocycles. The number of nitrogens with zero attached hydrogens (tertiary/aromatic N) is 2. The zero-order valence-corrected chi connectivity index (χ0v) is 13.2. The molecule has 9 nitrogen and oxygen atoms in total. The molecule has 0 radical (unpaired) electrons. The lowest BCUT2D eigenvalue weighted by Gasteiger charge is -2.23. The number of carboxylic acids is 1. The zero-order valence-electron chi connectivity index (χ0n) is 13.2. The first-order valence-electron chi connectivity index (χ1n) is 8.06. The van der Waals surface area contributed by atoms with Gasteiger partial charge in [-0.2, -0.15) is 0 Å². The predicted molar refractivity (Wildman–Crippen MR) is 86.3 cm³/mol. The molecule has 9 heteroatoms. The Balaban J connectivity index is 1.68. The van der Waals surface area contributed by atoms with E-state index in [2.05, 4.69) is 15.0 Å². The number of rotatable bonds is 2. The molecule has 4 rings (SSSR count). The van der Waals surface area contributed by atoms with Gasteiger partial charge in [0.25, 0.3) is 11.5 Å². The zero-order chi connectivity index (χ0) is 17.8. The van der Waals surface area contributed by atoms with Crippen molar-refractivity contribution in [1.82, 2.24) is 19.9 Å².